The van der Waals surface area contributed by atoms with Gasteiger partial charge in [-0.2, -0.15) is 0 Å². The van der Waals surface area contributed by atoms with Crippen LogP contribution in [0.4, 0.5) is 5.69 Å². The van der Waals surface area contributed by atoms with Crippen LogP contribution in [0.3, 0.4) is 0 Å². The van der Waals surface area contributed by atoms with Gasteiger partial charge in [-0.1, -0.05) is 12.1 Å². The first-order chi connectivity index (χ1) is 4.72. The lowest BCUT2D eigenvalue weighted by Gasteiger charge is -1.96. The maximum absolute atomic E-state index is 10.5. The van der Waals surface area contributed by atoms with E-state index in [2.05, 4.69) is 0 Å². The van der Waals surface area contributed by atoms with Gasteiger partial charge in [-0.15, -0.1) is 0 Å². The fourth-order valence-electron chi connectivity index (χ4n) is 0.698. The predicted octanol–water partition coefficient (Wildman–Crippen LogP) is 0.700. The average Bonchev–Trinajstić information content (AvgIpc) is 1.88. The molecule has 3 heteroatoms. The van der Waals surface area contributed by atoms with Gasteiger partial charge in [-0.3, -0.25) is 4.79 Å². The van der Waals surface area contributed by atoms with E-state index in [0.29, 0.717) is 0 Å². The van der Waals surface area contributed by atoms with E-state index >= 15 is 0 Å². The molecule has 10 heavy (non-hydrogen) atoms. The van der Waals surface area contributed by atoms with Crippen LogP contribution in [-0.2, 0) is 0 Å². The Hall–Kier alpha value is -1.51. The molecule has 0 spiro atoms. The van der Waals surface area contributed by atoms with Crippen molar-refractivity contribution in [1.82, 2.24) is 5.73 Å². The molecule has 1 amide bonds. The molecule has 1 aromatic carbocycles. The van der Waals surface area contributed by atoms with Crippen molar-refractivity contribution in [2.75, 3.05) is 0 Å². The Morgan fingerprint density at radius 2 is 2.00 bits per heavy atom. The average molecular weight is 135 g/mol. The molecule has 0 atom stereocenters. The molecule has 0 fully saturated rings. The maximum Gasteiger partial charge on any atom is 0.250 e. The van der Waals surface area contributed by atoms with E-state index in [9.17, 15) is 4.79 Å². The summed E-state index contributed by atoms with van der Waals surface area (Å²) < 4.78 is 0. The number of amides is 1. The molecule has 3 N–H and O–H groups in total. The van der Waals surface area contributed by atoms with Crippen molar-refractivity contribution in [2.45, 2.75) is 0 Å². The van der Waals surface area contributed by atoms with Crippen molar-refractivity contribution < 1.29 is 4.79 Å². The second-order valence-corrected chi connectivity index (χ2v) is 1.91. The summed E-state index contributed by atoms with van der Waals surface area (Å²) >= 11 is 0. The summed E-state index contributed by atoms with van der Waals surface area (Å²) in [6.07, 6.45) is 0. The number of nitrogens with two attached hydrogens (primary N) is 1. The molecule has 0 unspecified atom stereocenters. The van der Waals surface area contributed by atoms with Gasteiger partial charge in [0.1, 0.15) is 0 Å². The molecule has 0 aliphatic carbocycles. The van der Waals surface area contributed by atoms with Crippen molar-refractivity contribution in [3.63, 3.8) is 0 Å². The quantitative estimate of drug-likeness (QED) is 0.605. The van der Waals surface area contributed by atoms with Gasteiger partial charge in [0.2, 0.25) is 0 Å². The van der Waals surface area contributed by atoms with Gasteiger partial charge >= 0.3 is 0 Å². The summed E-state index contributed by atoms with van der Waals surface area (Å²) in [5.74, 6) is -0.550. The summed E-state index contributed by atoms with van der Waals surface area (Å²) in [5, 5.41) is 0. The molecule has 0 aliphatic rings. The molecule has 1 radical (unpaired) electrons. The van der Waals surface area contributed by atoms with Crippen molar-refractivity contribution in [3.8, 4) is 0 Å². The first kappa shape index (κ1) is 6.61. The van der Waals surface area contributed by atoms with E-state index in [4.69, 9.17) is 11.5 Å². The van der Waals surface area contributed by atoms with Crippen LogP contribution in [0.1, 0.15) is 10.4 Å². The lowest BCUT2D eigenvalue weighted by molar-refractivity contribution is 0.100. The van der Waals surface area contributed by atoms with Crippen LogP contribution in [0, 0.1) is 0 Å². The first-order valence-electron chi connectivity index (χ1n) is 2.82. The lowest BCUT2D eigenvalue weighted by atomic mass is 10.2. The topological polar surface area (TPSA) is 66.9 Å². The van der Waals surface area contributed by atoms with E-state index in [-0.39, 0.29) is 11.3 Å². The number of benzene rings is 1. The highest BCUT2D eigenvalue weighted by atomic mass is 16.1. The van der Waals surface area contributed by atoms with Crippen LogP contribution in [-0.4, -0.2) is 5.91 Å². The number of carbonyl (C=O) groups excluding carboxylic acids is 1. The normalized spacial score (nSPS) is 9.20. The SMILES string of the molecule is [NH]c1ccccc1C(N)=O. The molecule has 1 aromatic rings. The van der Waals surface area contributed by atoms with E-state index in [1.165, 1.54) is 12.1 Å². The van der Waals surface area contributed by atoms with Crippen LogP contribution in [0.15, 0.2) is 24.3 Å². The number of hydrogen-bond acceptors (Lipinski definition) is 1. The minimum atomic E-state index is -0.550. The highest BCUT2D eigenvalue weighted by molar-refractivity contribution is 5.97. The molecule has 0 saturated heterocycles. The van der Waals surface area contributed by atoms with E-state index in [1.54, 1.807) is 12.1 Å². The smallest absolute Gasteiger partial charge is 0.250 e. The maximum atomic E-state index is 10.5. The fraction of sp³-hybridized carbons (Fsp3) is 0. The molecular weight excluding hydrogens is 128 g/mol. The molecule has 0 saturated carbocycles. The number of hydrogen-bond donors (Lipinski definition) is 1. The number of carbonyl (C=O) groups is 1. The number of primary amides is 1. The zero-order valence-electron chi connectivity index (χ0n) is 5.29. The van der Waals surface area contributed by atoms with Crippen molar-refractivity contribution >= 4 is 11.6 Å². The van der Waals surface area contributed by atoms with Gasteiger partial charge in [-0.05, 0) is 12.1 Å². The molecule has 0 aliphatic heterocycles. The zero-order valence-corrected chi connectivity index (χ0v) is 5.29. The Morgan fingerprint density at radius 3 is 2.40 bits per heavy atom. The largest absolute Gasteiger partial charge is 0.366 e. The Labute approximate surface area is 58.6 Å². The standard InChI is InChI=1S/C7H7N2O/c8-6-4-2-1-3-5(6)7(9)10/h1-4,8H,(H2,9,10). The van der Waals surface area contributed by atoms with Crippen molar-refractivity contribution in [1.29, 1.82) is 0 Å². The Morgan fingerprint density at radius 1 is 1.40 bits per heavy atom. The first-order valence-corrected chi connectivity index (χ1v) is 2.82. The summed E-state index contributed by atoms with van der Waals surface area (Å²) in [5.41, 5.74) is 12.6. The third-order valence-corrected chi connectivity index (χ3v) is 1.19. The summed E-state index contributed by atoms with van der Waals surface area (Å²) in [6, 6.07) is 6.43. The number of rotatable bonds is 1. The van der Waals surface area contributed by atoms with Gasteiger partial charge in [0.25, 0.3) is 5.91 Å². The monoisotopic (exact) mass is 135 g/mol. The zero-order chi connectivity index (χ0) is 7.56. The molecular formula is C7H7N2O. The van der Waals surface area contributed by atoms with Crippen LogP contribution in [0.2, 0.25) is 0 Å². The van der Waals surface area contributed by atoms with E-state index < -0.39 is 5.91 Å². The molecule has 1 rings (SSSR count). The Bertz CT molecular complexity index is 258. The van der Waals surface area contributed by atoms with Crippen LogP contribution in [0.25, 0.3) is 0 Å². The molecule has 0 bridgehead atoms. The summed E-state index contributed by atoms with van der Waals surface area (Å²) in [4.78, 5) is 10.5. The van der Waals surface area contributed by atoms with Crippen LogP contribution in [0.5, 0.6) is 0 Å². The van der Waals surface area contributed by atoms with Crippen molar-refractivity contribution in [3.05, 3.63) is 29.8 Å². The van der Waals surface area contributed by atoms with Gasteiger partial charge in [0, 0.05) is 0 Å². The molecule has 0 heterocycles. The van der Waals surface area contributed by atoms with E-state index in [0.717, 1.165) is 0 Å². The minimum Gasteiger partial charge on any atom is -0.366 e. The third-order valence-electron chi connectivity index (χ3n) is 1.19. The fourth-order valence-corrected chi connectivity index (χ4v) is 0.698. The second-order valence-electron chi connectivity index (χ2n) is 1.91. The minimum absolute atomic E-state index is 0.176. The van der Waals surface area contributed by atoms with Crippen molar-refractivity contribution in [2.24, 2.45) is 5.73 Å². The van der Waals surface area contributed by atoms with E-state index in [1.807, 2.05) is 0 Å². The predicted molar refractivity (Wildman–Crippen MR) is 37.7 cm³/mol. The second kappa shape index (κ2) is 2.39. The summed E-state index contributed by atoms with van der Waals surface area (Å²) in [6.45, 7) is 0. The van der Waals surface area contributed by atoms with Gasteiger partial charge in [0.05, 0.1) is 11.3 Å². The molecule has 0 aromatic heterocycles. The Kier molecular flexibility index (Phi) is 1.58. The lowest BCUT2D eigenvalue weighted by Crippen LogP contribution is -2.11. The molecule has 51 valence electrons. The summed E-state index contributed by atoms with van der Waals surface area (Å²) in [7, 11) is 0. The van der Waals surface area contributed by atoms with Gasteiger partial charge in [-0.25, -0.2) is 0 Å². The Balaban J connectivity index is 3.15. The number of nitrogens with one attached hydrogen (secondary N) is 1. The highest BCUT2D eigenvalue weighted by Crippen LogP contribution is 2.10. The third kappa shape index (κ3) is 1.07. The van der Waals surface area contributed by atoms with Crippen LogP contribution < -0.4 is 11.5 Å². The molecule has 3 nitrogen and oxygen atoms in total. The highest BCUT2D eigenvalue weighted by Gasteiger charge is 2.02. The van der Waals surface area contributed by atoms with Crippen LogP contribution >= 0.6 is 0 Å². The van der Waals surface area contributed by atoms with Gasteiger partial charge in [0.15, 0.2) is 0 Å². The van der Waals surface area contributed by atoms with Gasteiger partial charge < -0.3 is 11.5 Å².